The van der Waals surface area contributed by atoms with Crippen LogP contribution in [0.5, 0.6) is 0 Å². The number of hydrogen-bond donors (Lipinski definition) is 1. The molecule has 5 nitrogen and oxygen atoms in total. The molecule has 1 N–H and O–H groups in total. The lowest BCUT2D eigenvalue weighted by molar-refractivity contribution is -0.131. The van der Waals surface area contributed by atoms with Gasteiger partial charge in [-0.25, -0.2) is 4.79 Å². The Balaban J connectivity index is 2.27. The molecule has 0 aromatic carbocycles. The second-order valence-corrected chi connectivity index (χ2v) is 5.14. The van der Waals surface area contributed by atoms with Crippen molar-refractivity contribution in [2.75, 3.05) is 6.54 Å². The van der Waals surface area contributed by atoms with E-state index in [0.717, 1.165) is 31.8 Å². The Morgan fingerprint density at radius 1 is 1.43 bits per heavy atom. The van der Waals surface area contributed by atoms with Crippen molar-refractivity contribution in [3.63, 3.8) is 0 Å². The average molecular weight is 288 g/mol. The monoisotopic (exact) mass is 288 g/mol. The van der Waals surface area contributed by atoms with Crippen LogP contribution in [0.2, 0.25) is 0 Å². The molecule has 0 bridgehead atoms. The standard InChI is InChI=1S/C16H20N2O3/c1-2-18(13-7-3-4-8-13)16(21)15-12(6-5-11-17-15)9-10-14(19)20/h5-6,9-11,13H,2-4,7-8H2,1H3,(H,19,20)/b10-9+. The van der Waals surface area contributed by atoms with Gasteiger partial charge in [0.2, 0.25) is 0 Å². The normalized spacial score (nSPS) is 15.5. The van der Waals surface area contributed by atoms with Crippen molar-refractivity contribution in [3.8, 4) is 0 Å². The van der Waals surface area contributed by atoms with Crippen LogP contribution in [0.1, 0.15) is 48.7 Å². The van der Waals surface area contributed by atoms with E-state index in [9.17, 15) is 9.59 Å². The van der Waals surface area contributed by atoms with E-state index in [1.807, 2.05) is 11.8 Å². The number of aliphatic carboxylic acids is 1. The van der Waals surface area contributed by atoms with Gasteiger partial charge in [0, 0.05) is 30.4 Å². The molecule has 112 valence electrons. The van der Waals surface area contributed by atoms with Gasteiger partial charge in [0.25, 0.3) is 5.91 Å². The minimum Gasteiger partial charge on any atom is -0.478 e. The van der Waals surface area contributed by atoms with E-state index < -0.39 is 5.97 Å². The molecule has 1 heterocycles. The van der Waals surface area contributed by atoms with Crippen LogP contribution in [0.25, 0.3) is 6.08 Å². The van der Waals surface area contributed by atoms with Crippen LogP contribution in [-0.4, -0.2) is 39.5 Å². The van der Waals surface area contributed by atoms with Crippen LogP contribution in [0.4, 0.5) is 0 Å². The van der Waals surface area contributed by atoms with Gasteiger partial charge in [0.15, 0.2) is 0 Å². The largest absolute Gasteiger partial charge is 0.478 e. The van der Waals surface area contributed by atoms with Crippen molar-refractivity contribution in [3.05, 3.63) is 35.7 Å². The zero-order chi connectivity index (χ0) is 15.2. The van der Waals surface area contributed by atoms with Gasteiger partial charge in [-0.05, 0) is 31.9 Å². The molecule has 0 saturated heterocycles. The van der Waals surface area contributed by atoms with Crippen molar-refractivity contribution < 1.29 is 14.7 Å². The number of nitrogens with zero attached hydrogens (tertiary/aromatic N) is 2. The van der Waals surface area contributed by atoms with E-state index in [1.54, 1.807) is 18.3 Å². The number of hydrogen-bond acceptors (Lipinski definition) is 3. The van der Waals surface area contributed by atoms with E-state index in [1.165, 1.54) is 6.08 Å². The van der Waals surface area contributed by atoms with Crippen molar-refractivity contribution in [1.82, 2.24) is 9.88 Å². The summed E-state index contributed by atoms with van der Waals surface area (Å²) in [5.41, 5.74) is 0.866. The quantitative estimate of drug-likeness (QED) is 0.845. The molecular weight excluding hydrogens is 268 g/mol. The molecule has 1 saturated carbocycles. The predicted molar refractivity (Wildman–Crippen MR) is 79.9 cm³/mol. The number of pyridine rings is 1. The molecule has 1 aromatic rings. The second kappa shape index (κ2) is 7.02. The van der Waals surface area contributed by atoms with Gasteiger partial charge in [0.05, 0.1) is 0 Å². The molecule has 5 heteroatoms. The maximum absolute atomic E-state index is 12.7. The zero-order valence-corrected chi connectivity index (χ0v) is 12.2. The lowest BCUT2D eigenvalue weighted by Gasteiger charge is -2.27. The number of aromatic nitrogens is 1. The first-order valence-corrected chi connectivity index (χ1v) is 7.30. The van der Waals surface area contributed by atoms with Crippen LogP contribution in [-0.2, 0) is 4.79 Å². The molecule has 2 rings (SSSR count). The number of rotatable bonds is 5. The summed E-state index contributed by atoms with van der Waals surface area (Å²) in [5, 5.41) is 8.73. The number of carbonyl (C=O) groups excluding carboxylic acids is 1. The minimum atomic E-state index is -1.04. The van der Waals surface area contributed by atoms with Crippen molar-refractivity contribution in [1.29, 1.82) is 0 Å². The first-order chi connectivity index (χ1) is 10.1. The third-order valence-corrected chi connectivity index (χ3v) is 3.81. The molecule has 0 spiro atoms. The number of carboxylic acid groups (broad SMARTS) is 1. The number of carbonyl (C=O) groups is 2. The number of carboxylic acids is 1. The highest BCUT2D eigenvalue weighted by molar-refractivity contribution is 5.97. The number of amides is 1. The lowest BCUT2D eigenvalue weighted by atomic mass is 10.1. The molecule has 1 aromatic heterocycles. The van der Waals surface area contributed by atoms with Crippen molar-refractivity contribution in [2.45, 2.75) is 38.6 Å². The fourth-order valence-corrected chi connectivity index (χ4v) is 2.81. The molecule has 0 radical (unpaired) electrons. The van der Waals surface area contributed by atoms with Crippen LogP contribution < -0.4 is 0 Å². The van der Waals surface area contributed by atoms with E-state index in [4.69, 9.17) is 5.11 Å². The Morgan fingerprint density at radius 3 is 2.76 bits per heavy atom. The van der Waals surface area contributed by atoms with E-state index in [-0.39, 0.29) is 11.9 Å². The smallest absolute Gasteiger partial charge is 0.328 e. The second-order valence-electron chi connectivity index (χ2n) is 5.14. The third kappa shape index (κ3) is 3.68. The van der Waals surface area contributed by atoms with Crippen molar-refractivity contribution >= 4 is 18.0 Å². The van der Waals surface area contributed by atoms with E-state index in [0.29, 0.717) is 17.8 Å². The summed E-state index contributed by atoms with van der Waals surface area (Å²) in [7, 11) is 0. The first kappa shape index (κ1) is 15.2. The van der Waals surface area contributed by atoms with E-state index >= 15 is 0 Å². The summed E-state index contributed by atoms with van der Waals surface area (Å²) in [5.74, 6) is -1.16. The summed E-state index contributed by atoms with van der Waals surface area (Å²) in [6.07, 6.45) is 8.39. The molecule has 1 aliphatic rings. The maximum atomic E-state index is 12.7. The molecular formula is C16H20N2O3. The molecule has 1 fully saturated rings. The van der Waals surface area contributed by atoms with Gasteiger partial charge in [0.1, 0.15) is 5.69 Å². The highest BCUT2D eigenvalue weighted by atomic mass is 16.4. The summed E-state index contributed by atoms with van der Waals surface area (Å²) in [4.78, 5) is 29.4. The Hall–Kier alpha value is -2.17. The van der Waals surface area contributed by atoms with Gasteiger partial charge in [-0.3, -0.25) is 9.78 Å². The highest BCUT2D eigenvalue weighted by Gasteiger charge is 2.27. The van der Waals surface area contributed by atoms with Gasteiger partial charge in [-0.2, -0.15) is 0 Å². The van der Waals surface area contributed by atoms with Crippen LogP contribution in [0.15, 0.2) is 24.4 Å². The average Bonchev–Trinajstić information content (AvgIpc) is 3.00. The van der Waals surface area contributed by atoms with E-state index in [2.05, 4.69) is 4.98 Å². The summed E-state index contributed by atoms with van der Waals surface area (Å²) >= 11 is 0. The Kier molecular flexibility index (Phi) is 5.09. The first-order valence-electron chi connectivity index (χ1n) is 7.30. The third-order valence-electron chi connectivity index (χ3n) is 3.81. The van der Waals surface area contributed by atoms with Gasteiger partial charge in [-0.1, -0.05) is 18.9 Å². The predicted octanol–water partition coefficient (Wildman–Crippen LogP) is 2.58. The Labute approximate surface area is 124 Å². The topological polar surface area (TPSA) is 70.5 Å². The molecule has 0 aliphatic heterocycles. The van der Waals surface area contributed by atoms with Crippen LogP contribution in [0, 0.1) is 0 Å². The van der Waals surface area contributed by atoms with Crippen LogP contribution >= 0.6 is 0 Å². The summed E-state index contributed by atoms with van der Waals surface area (Å²) in [6, 6.07) is 3.69. The fourth-order valence-electron chi connectivity index (χ4n) is 2.81. The molecule has 0 unspecified atom stereocenters. The lowest BCUT2D eigenvalue weighted by Crippen LogP contribution is -2.39. The fraction of sp³-hybridized carbons (Fsp3) is 0.438. The summed E-state index contributed by atoms with van der Waals surface area (Å²) in [6.45, 7) is 2.61. The van der Waals surface area contributed by atoms with Gasteiger partial charge >= 0.3 is 5.97 Å². The molecule has 0 atom stereocenters. The zero-order valence-electron chi connectivity index (χ0n) is 12.2. The Bertz CT molecular complexity index is 548. The maximum Gasteiger partial charge on any atom is 0.328 e. The Morgan fingerprint density at radius 2 is 2.14 bits per heavy atom. The van der Waals surface area contributed by atoms with Gasteiger partial charge < -0.3 is 10.0 Å². The minimum absolute atomic E-state index is 0.116. The molecule has 21 heavy (non-hydrogen) atoms. The van der Waals surface area contributed by atoms with Crippen LogP contribution in [0.3, 0.4) is 0 Å². The van der Waals surface area contributed by atoms with Gasteiger partial charge in [-0.15, -0.1) is 0 Å². The molecule has 1 aliphatic carbocycles. The summed E-state index contributed by atoms with van der Waals surface area (Å²) < 4.78 is 0. The molecule has 1 amide bonds. The highest BCUT2D eigenvalue weighted by Crippen LogP contribution is 2.25. The SMILES string of the molecule is CCN(C(=O)c1ncccc1/C=C/C(=O)O)C1CCCC1. The van der Waals surface area contributed by atoms with Crippen molar-refractivity contribution in [2.24, 2.45) is 0 Å².